The molecule has 0 N–H and O–H groups in total. The first kappa shape index (κ1) is 14.0. The molecule has 0 radical (unpaired) electrons. The van der Waals surface area contributed by atoms with E-state index in [1.165, 1.54) is 4.90 Å². The Bertz CT molecular complexity index is 500. The van der Waals surface area contributed by atoms with Crippen LogP contribution in [0.3, 0.4) is 0 Å². The van der Waals surface area contributed by atoms with E-state index in [4.69, 9.17) is 0 Å². The molecule has 2 atom stereocenters. The van der Waals surface area contributed by atoms with Gasteiger partial charge in [0.1, 0.15) is 12.1 Å². The minimum absolute atomic E-state index is 0.0133. The summed E-state index contributed by atoms with van der Waals surface area (Å²) in [5, 5.41) is 3.02. The smallest absolute Gasteiger partial charge is 0.246 e. The van der Waals surface area contributed by atoms with Gasteiger partial charge in [-0.05, 0) is 20.3 Å². The fraction of sp³-hybridized carbons (Fsp3) is 0.615. The topological polar surface area (TPSA) is 53.5 Å². The highest BCUT2D eigenvalue weighted by atomic mass is 32.1. The van der Waals surface area contributed by atoms with Gasteiger partial charge in [-0.2, -0.15) is 0 Å². The molecule has 6 heteroatoms. The van der Waals surface area contributed by atoms with Crippen LogP contribution in [0.5, 0.6) is 0 Å². The van der Waals surface area contributed by atoms with E-state index in [2.05, 4.69) is 11.9 Å². The van der Waals surface area contributed by atoms with E-state index in [0.29, 0.717) is 6.54 Å². The van der Waals surface area contributed by atoms with Crippen LogP contribution >= 0.6 is 11.3 Å². The van der Waals surface area contributed by atoms with Crippen molar-refractivity contribution in [1.82, 2.24) is 14.8 Å². The molecule has 0 bridgehead atoms. The van der Waals surface area contributed by atoms with E-state index in [-0.39, 0.29) is 11.8 Å². The number of amides is 2. The summed E-state index contributed by atoms with van der Waals surface area (Å²) < 4.78 is 0. The monoisotopic (exact) mass is 281 g/mol. The summed E-state index contributed by atoms with van der Waals surface area (Å²) in [6, 6.07) is -0.812. The highest BCUT2D eigenvalue weighted by Gasteiger charge is 2.39. The van der Waals surface area contributed by atoms with Crippen LogP contribution in [0.2, 0.25) is 0 Å². The van der Waals surface area contributed by atoms with Crippen molar-refractivity contribution < 1.29 is 9.59 Å². The first-order valence-corrected chi connectivity index (χ1v) is 7.34. The van der Waals surface area contributed by atoms with Crippen LogP contribution < -0.4 is 0 Å². The number of rotatable bonds is 3. The molecule has 1 aromatic rings. The minimum atomic E-state index is -0.416. The largest absolute Gasteiger partial charge is 0.332 e. The Kier molecular flexibility index (Phi) is 3.89. The fourth-order valence-corrected chi connectivity index (χ4v) is 2.92. The van der Waals surface area contributed by atoms with Crippen LogP contribution in [0, 0.1) is 0 Å². The van der Waals surface area contributed by atoms with Crippen LogP contribution in [0.15, 0.2) is 5.38 Å². The van der Waals surface area contributed by atoms with E-state index >= 15 is 0 Å². The van der Waals surface area contributed by atoms with Crippen LogP contribution in [-0.4, -0.2) is 45.7 Å². The summed E-state index contributed by atoms with van der Waals surface area (Å²) in [6.07, 6.45) is 0.895. The molecule has 1 fully saturated rings. The zero-order valence-corrected chi connectivity index (χ0v) is 12.5. The van der Waals surface area contributed by atoms with Crippen LogP contribution in [-0.2, 0) is 22.6 Å². The quantitative estimate of drug-likeness (QED) is 0.838. The number of carbonyl (C=O) groups is 2. The Morgan fingerprint density at radius 3 is 2.53 bits per heavy atom. The van der Waals surface area contributed by atoms with Gasteiger partial charge in [0.05, 0.1) is 17.2 Å². The molecule has 2 amide bonds. The Balaban J connectivity index is 2.18. The van der Waals surface area contributed by atoms with Crippen molar-refractivity contribution in [2.45, 2.75) is 45.8 Å². The van der Waals surface area contributed by atoms with E-state index in [0.717, 1.165) is 17.1 Å². The van der Waals surface area contributed by atoms with Crippen molar-refractivity contribution in [1.29, 1.82) is 0 Å². The first-order chi connectivity index (χ1) is 8.95. The molecule has 104 valence electrons. The molecule has 0 aromatic carbocycles. The third-order valence-corrected chi connectivity index (χ3v) is 4.67. The number of hydrogen-bond acceptors (Lipinski definition) is 4. The maximum atomic E-state index is 12.3. The van der Waals surface area contributed by atoms with Crippen molar-refractivity contribution in [2.24, 2.45) is 0 Å². The van der Waals surface area contributed by atoms with E-state index in [1.807, 2.05) is 5.38 Å². The van der Waals surface area contributed by atoms with Crippen molar-refractivity contribution in [3.8, 4) is 0 Å². The number of piperazine rings is 1. The molecule has 1 aromatic heterocycles. The molecule has 0 aliphatic carbocycles. The van der Waals surface area contributed by atoms with Gasteiger partial charge in [0.15, 0.2) is 0 Å². The standard InChI is InChI=1S/C13H19N3O2S/c1-5-11-14-10(7-19-11)6-16-9(3)12(17)15(4)8(2)13(16)18/h7-9H,5-6H2,1-4H3/t8-,9-/m0/s1. The van der Waals surface area contributed by atoms with Gasteiger partial charge in [-0.15, -0.1) is 11.3 Å². The molecule has 1 aliphatic rings. The lowest BCUT2D eigenvalue weighted by atomic mass is 10.1. The van der Waals surface area contributed by atoms with E-state index in [9.17, 15) is 9.59 Å². The second-order valence-corrected chi connectivity index (χ2v) is 5.80. The molecule has 5 nitrogen and oxygen atoms in total. The first-order valence-electron chi connectivity index (χ1n) is 6.46. The van der Waals surface area contributed by atoms with Crippen molar-refractivity contribution >= 4 is 23.2 Å². The van der Waals surface area contributed by atoms with Gasteiger partial charge in [0, 0.05) is 12.4 Å². The van der Waals surface area contributed by atoms with Crippen LogP contribution in [0.1, 0.15) is 31.5 Å². The van der Waals surface area contributed by atoms with Gasteiger partial charge in [-0.25, -0.2) is 4.98 Å². The lowest BCUT2D eigenvalue weighted by Crippen LogP contribution is -2.61. The number of hydrogen-bond donors (Lipinski definition) is 0. The maximum Gasteiger partial charge on any atom is 0.246 e. The minimum Gasteiger partial charge on any atom is -0.332 e. The predicted molar refractivity (Wildman–Crippen MR) is 73.7 cm³/mol. The third kappa shape index (κ3) is 2.49. The number of likely N-dealkylation sites (N-methyl/N-ethyl adjacent to an activating group) is 1. The number of carbonyl (C=O) groups excluding carboxylic acids is 2. The molecule has 2 heterocycles. The molecule has 0 spiro atoms. The SMILES string of the molecule is CCc1nc(CN2C(=O)[C@H](C)N(C)C(=O)[C@@H]2C)cs1. The number of thiazole rings is 1. The number of aryl methyl sites for hydroxylation is 1. The normalized spacial score (nSPS) is 24.2. The summed E-state index contributed by atoms with van der Waals surface area (Å²) in [7, 11) is 1.68. The summed E-state index contributed by atoms with van der Waals surface area (Å²) in [6.45, 7) is 6.01. The average molecular weight is 281 g/mol. The predicted octanol–water partition coefficient (Wildman–Crippen LogP) is 1.28. The summed E-state index contributed by atoms with van der Waals surface area (Å²) >= 11 is 1.60. The van der Waals surface area contributed by atoms with Gasteiger partial charge in [-0.1, -0.05) is 6.92 Å². The maximum absolute atomic E-state index is 12.3. The Hall–Kier alpha value is -1.43. The van der Waals surface area contributed by atoms with E-state index in [1.54, 1.807) is 37.1 Å². The summed E-state index contributed by atoms with van der Waals surface area (Å²) in [5.41, 5.74) is 0.867. The molecule has 0 saturated carbocycles. The summed E-state index contributed by atoms with van der Waals surface area (Å²) in [4.78, 5) is 31.9. The second-order valence-electron chi connectivity index (χ2n) is 4.85. The lowest BCUT2D eigenvalue weighted by molar-refractivity contribution is -0.159. The van der Waals surface area contributed by atoms with Crippen molar-refractivity contribution in [3.05, 3.63) is 16.1 Å². The van der Waals surface area contributed by atoms with Crippen molar-refractivity contribution in [2.75, 3.05) is 7.05 Å². The van der Waals surface area contributed by atoms with Crippen LogP contribution in [0.4, 0.5) is 0 Å². The van der Waals surface area contributed by atoms with Crippen LogP contribution in [0.25, 0.3) is 0 Å². The number of aromatic nitrogens is 1. The van der Waals surface area contributed by atoms with Gasteiger partial charge in [0.2, 0.25) is 11.8 Å². The molecule has 0 unspecified atom stereocenters. The Labute approximate surface area is 117 Å². The van der Waals surface area contributed by atoms with Gasteiger partial charge < -0.3 is 9.80 Å². The van der Waals surface area contributed by atoms with Gasteiger partial charge >= 0.3 is 0 Å². The molecular weight excluding hydrogens is 262 g/mol. The fourth-order valence-electron chi connectivity index (χ4n) is 2.19. The molecule has 1 aliphatic heterocycles. The van der Waals surface area contributed by atoms with Gasteiger partial charge in [-0.3, -0.25) is 9.59 Å². The zero-order valence-electron chi connectivity index (χ0n) is 11.7. The third-order valence-electron chi connectivity index (χ3n) is 3.63. The second kappa shape index (κ2) is 5.28. The molecule has 19 heavy (non-hydrogen) atoms. The highest BCUT2D eigenvalue weighted by Crippen LogP contribution is 2.20. The van der Waals surface area contributed by atoms with E-state index < -0.39 is 12.1 Å². The van der Waals surface area contributed by atoms with Gasteiger partial charge in [0.25, 0.3) is 0 Å². The molecule has 2 rings (SSSR count). The highest BCUT2D eigenvalue weighted by molar-refractivity contribution is 7.09. The zero-order chi connectivity index (χ0) is 14.2. The average Bonchev–Trinajstić information content (AvgIpc) is 2.87. The number of nitrogens with zero attached hydrogens (tertiary/aromatic N) is 3. The molecular formula is C13H19N3O2S. The summed E-state index contributed by atoms with van der Waals surface area (Å²) in [5.74, 6) is -0.0290. The van der Waals surface area contributed by atoms with Crippen molar-refractivity contribution in [3.63, 3.8) is 0 Å². The Morgan fingerprint density at radius 1 is 1.26 bits per heavy atom. The molecule has 1 saturated heterocycles. The lowest BCUT2D eigenvalue weighted by Gasteiger charge is -2.40. The Morgan fingerprint density at radius 2 is 1.95 bits per heavy atom.